The van der Waals surface area contributed by atoms with Gasteiger partial charge in [-0.25, -0.2) is 4.39 Å². The molecule has 2 aliphatic rings. The van der Waals surface area contributed by atoms with Gasteiger partial charge in [0, 0.05) is 23.0 Å². The summed E-state index contributed by atoms with van der Waals surface area (Å²) in [5.74, 6) is -0.318. The van der Waals surface area contributed by atoms with Crippen LogP contribution in [0.15, 0.2) is 59.5 Å². The Hall–Kier alpha value is -1.56. The van der Waals surface area contributed by atoms with E-state index < -0.39 is 5.25 Å². The summed E-state index contributed by atoms with van der Waals surface area (Å²) in [5, 5.41) is 6.37. The third-order valence-electron chi connectivity index (χ3n) is 5.24. The number of carbonyl (C=O) groups excluding carboxylic acids is 1. The van der Waals surface area contributed by atoms with Crippen LogP contribution >= 0.6 is 24.2 Å². The van der Waals surface area contributed by atoms with E-state index in [4.69, 9.17) is 0 Å². The van der Waals surface area contributed by atoms with E-state index in [1.807, 2.05) is 30.3 Å². The summed E-state index contributed by atoms with van der Waals surface area (Å²) < 4.78 is 14.1. The highest BCUT2D eigenvalue weighted by molar-refractivity contribution is 8.00. The van der Waals surface area contributed by atoms with Crippen LogP contribution in [0.5, 0.6) is 0 Å². The summed E-state index contributed by atoms with van der Waals surface area (Å²) in [5.41, 5.74) is 0.898. The smallest absolute Gasteiger partial charge is 0.238 e. The zero-order chi connectivity index (χ0) is 17.9. The first kappa shape index (κ1) is 20.2. The molecule has 4 rings (SSSR count). The molecular formula is C21H24ClFN2OS. The number of hydrogen-bond acceptors (Lipinski definition) is 3. The lowest BCUT2D eigenvalue weighted by atomic mass is 9.99. The number of carbonyl (C=O) groups is 1. The molecule has 6 heteroatoms. The van der Waals surface area contributed by atoms with Crippen molar-refractivity contribution >= 4 is 30.1 Å². The van der Waals surface area contributed by atoms with Crippen molar-refractivity contribution in [3.05, 3.63) is 66.0 Å². The normalized spacial score (nSPS) is 24.7. The molecule has 0 aliphatic carbocycles. The molecule has 1 amide bonds. The topological polar surface area (TPSA) is 41.1 Å². The molecule has 0 saturated carbocycles. The van der Waals surface area contributed by atoms with Crippen molar-refractivity contribution < 1.29 is 9.18 Å². The molecule has 144 valence electrons. The molecule has 3 atom stereocenters. The van der Waals surface area contributed by atoms with Crippen molar-refractivity contribution in [1.82, 2.24) is 10.6 Å². The molecule has 2 heterocycles. The van der Waals surface area contributed by atoms with Crippen molar-refractivity contribution in [3.8, 4) is 0 Å². The maximum absolute atomic E-state index is 14.1. The quantitative estimate of drug-likeness (QED) is 0.719. The van der Waals surface area contributed by atoms with Gasteiger partial charge in [0.15, 0.2) is 0 Å². The van der Waals surface area contributed by atoms with Crippen molar-refractivity contribution in [2.75, 3.05) is 0 Å². The highest BCUT2D eigenvalue weighted by Crippen LogP contribution is 2.37. The second kappa shape index (κ2) is 9.09. The number of piperidine rings is 1. The fourth-order valence-electron chi connectivity index (χ4n) is 4.02. The Morgan fingerprint density at radius 2 is 1.67 bits per heavy atom. The van der Waals surface area contributed by atoms with Gasteiger partial charge in [-0.2, -0.15) is 0 Å². The minimum Gasteiger partial charge on any atom is -0.352 e. The van der Waals surface area contributed by atoms with E-state index in [1.54, 1.807) is 18.2 Å². The molecule has 27 heavy (non-hydrogen) atoms. The number of benzene rings is 2. The number of halogens is 2. The molecule has 0 aromatic heterocycles. The molecule has 0 spiro atoms. The van der Waals surface area contributed by atoms with Gasteiger partial charge in [-0.05, 0) is 43.4 Å². The van der Waals surface area contributed by atoms with Gasteiger partial charge in [0.05, 0.1) is 0 Å². The van der Waals surface area contributed by atoms with Crippen molar-refractivity contribution in [1.29, 1.82) is 0 Å². The summed E-state index contributed by atoms with van der Waals surface area (Å²) in [7, 11) is 0. The molecule has 2 fully saturated rings. The standard InChI is InChI=1S/C21H23FN2OS.ClH/c22-18-8-4-5-9-19(18)26-20(14-6-2-1-3-7-14)21(25)24-17-12-15-10-11-16(13-17)23-15;/h1-9,15-17,20,23H,10-13H2,(H,24,25);1H. The van der Waals surface area contributed by atoms with Crippen LogP contribution in [0.2, 0.25) is 0 Å². The van der Waals surface area contributed by atoms with E-state index in [-0.39, 0.29) is 30.2 Å². The minimum absolute atomic E-state index is 0. The molecule has 2 N–H and O–H groups in total. The van der Waals surface area contributed by atoms with E-state index >= 15 is 0 Å². The lowest BCUT2D eigenvalue weighted by Gasteiger charge is -2.31. The monoisotopic (exact) mass is 406 g/mol. The molecule has 3 nitrogen and oxygen atoms in total. The number of rotatable bonds is 5. The highest BCUT2D eigenvalue weighted by Gasteiger charge is 2.35. The number of nitrogens with one attached hydrogen (secondary N) is 2. The van der Waals surface area contributed by atoms with E-state index in [0.29, 0.717) is 17.0 Å². The Morgan fingerprint density at radius 1 is 1.04 bits per heavy atom. The molecule has 2 saturated heterocycles. The minimum atomic E-state index is -0.458. The molecule has 2 bridgehead atoms. The zero-order valence-corrected chi connectivity index (χ0v) is 16.6. The summed E-state index contributed by atoms with van der Waals surface area (Å²) in [6.45, 7) is 0. The molecule has 2 aliphatic heterocycles. The predicted molar refractivity (Wildman–Crippen MR) is 110 cm³/mol. The molecule has 3 unspecified atom stereocenters. The Labute approximate surface area is 169 Å². The van der Waals surface area contributed by atoms with Gasteiger partial charge in [0.1, 0.15) is 11.1 Å². The second-order valence-corrected chi connectivity index (χ2v) is 8.30. The first-order valence-corrected chi connectivity index (χ1v) is 10.1. The highest BCUT2D eigenvalue weighted by atomic mass is 35.5. The van der Waals surface area contributed by atoms with Crippen LogP contribution in [0.3, 0.4) is 0 Å². The van der Waals surface area contributed by atoms with Crippen molar-refractivity contribution in [2.45, 2.75) is 54.0 Å². The molecule has 2 aromatic carbocycles. The lowest BCUT2D eigenvalue weighted by molar-refractivity contribution is -0.121. The zero-order valence-electron chi connectivity index (χ0n) is 14.9. The Bertz CT molecular complexity index is 764. The fraction of sp³-hybridized carbons (Fsp3) is 0.381. The maximum Gasteiger partial charge on any atom is 0.238 e. The van der Waals surface area contributed by atoms with Gasteiger partial charge >= 0.3 is 0 Å². The van der Waals surface area contributed by atoms with E-state index in [2.05, 4.69) is 10.6 Å². The molecule has 0 radical (unpaired) electrons. The van der Waals surface area contributed by atoms with Gasteiger partial charge in [-0.1, -0.05) is 42.5 Å². The van der Waals surface area contributed by atoms with E-state index in [0.717, 1.165) is 18.4 Å². The van der Waals surface area contributed by atoms with Gasteiger partial charge < -0.3 is 10.6 Å². The van der Waals surface area contributed by atoms with Crippen LogP contribution in [0.4, 0.5) is 4.39 Å². The summed E-state index contributed by atoms with van der Waals surface area (Å²) in [6, 6.07) is 17.5. The third kappa shape index (κ3) is 4.84. The third-order valence-corrected chi connectivity index (χ3v) is 6.55. The molecule has 2 aromatic rings. The Morgan fingerprint density at radius 3 is 2.33 bits per heavy atom. The first-order chi connectivity index (χ1) is 12.7. The van der Waals surface area contributed by atoms with Crippen LogP contribution in [-0.4, -0.2) is 24.0 Å². The number of amides is 1. The maximum atomic E-state index is 14.1. The number of hydrogen-bond donors (Lipinski definition) is 2. The largest absolute Gasteiger partial charge is 0.352 e. The summed E-state index contributed by atoms with van der Waals surface area (Å²) >= 11 is 1.28. The van der Waals surface area contributed by atoms with Gasteiger partial charge in [0.25, 0.3) is 0 Å². The average Bonchev–Trinajstić information content (AvgIpc) is 3.00. The van der Waals surface area contributed by atoms with Gasteiger partial charge in [-0.3, -0.25) is 4.79 Å². The van der Waals surface area contributed by atoms with Crippen LogP contribution in [-0.2, 0) is 4.79 Å². The van der Waals surface area contributed by atoms with Crippen molar-refractivity contribution in [3.63, 3.8) is 0 Å². The van der Waals surface area contributed by atoms with Crippen LogP contribution < -0.4 is 10.6 Å². The Balaban J connectivity index is 0.00000210. The Kier molecular flexibility index (Phi) is 6.79. The van der Waals surface area contributed by atoms with Crippen molar-refractivity contribution in [2.24, 2.45) is 0 Å². The van der Waals surface area contributed by atoms with Gasteiger partial charge in [0.2, 0.25) is 5.91 Å². The van der Waals surface area contributed by atoms with E-state index in [9.17, 15) is 9.18 Å². The first-order valence-electron chi connectivity index (χ1n) is 9.21. The van der Waals surface area contributed by atoms with E-state index in [1.165, 1.54) is 30.7 Å². The predicted octanol–water partition coefficient (Wildman–Crippen LogP) is 4.48. The fourth-order valence-corrected chi connectivity index (χ4v) is 5.08. The lowest BCUT2D eigenvalue weighted by Crippen LogP contribution is -2.48. The second-order valence-electron chi connectivity index (χ2n) is 7.15. The average molecular weight is 407 g/mol. The summed E-state index contributed by atoms with van der Waals surface area (Å²) in [4.78, 5) is 13.6. The van der Waals surface area contributed by atoms with Crippen LogP contribution in [0.1, 0.15) is 36.5 Å². The number of thioether (sulfide) groups is 1. The SMILES string of the molecule is Cl.O=C(NC1CC2CCC(C1)N2)C(Sc1ccccc1F)c1ccccc1. The molecular weight excluding hydrogens is 383 g/mol. The van der Waals surface area contributed by atoms with Crippen LogP contribution in [0, 0.1) is 5.82 Å². The number of fused-ring (bicyclic) bond motifs is 2. The summed E-state index contributed by atoms with van der Waals surface area (Å²) in [6.07, 6.45) is 4.36. The van der Waals surface area contributed by atoms with Crippen LogP contribution in [0.25, 0.3) is 0 Å². The van der Waals surface area contributed by atoms with Gasteiger partial charge in [-0.15, -0.1) is 24.2 Å².